The van der Waals surface area contributed by atoms with Gasteiger partial charge in [0.2, 0.25) is 11.8 Å². The molecule has 2 amide bonds. The van der Waals surface area contributed by atoms with Crippen molar-refractivity contribution in [1.82, 2.24) is 0 Å². The van der Waals surface area contributed by atoms with Gasteiger partial charge in [0.1, 0.15) is 0 Å². The number of nitrogens with zero attached hydrogens (tertiary/aromatic N) is 2. The van der Waals surface area contributed by atoms with Gasteiger partial charge in [-0.15, -0.1) is 0 Å². The summed E-state index contributed by atoms with van der Waals surface area (Å²) in [6.07, 6.45) is 1.78. The van der Waals surface area contributed by atoms with Crippen molar-refractivity contribution < 1.29 is 14.5 Å². The Balaban J connectivity index is 1.66. The van der Waals surface area contributed by atoms with E-state index in [1.165, 1.54) is 17.0 Å². The van der Waals surface area contributed by atoms with Crippen LogP contribution in [0.25, 0.3) is 10.8 Å². The highest BCUT2D eigenvalue weighted by Gasteiger charge is 2.63. The van der Waals surface area contributed by atoms with Crippen molar-refractivity contribution >= 4 is 46.6 Å². The highest BCUT2D eigenvalue weighted by atomic mass is 32.1. The molecule has 2 aliphatic carbocycles. The second-order valence-electron chi connectivity index (χ2n) is 7.43. The molecule has 132 valence electrons. The van der Waals surface area contributed by atoms with Crippen molar-refractivity contribution in [2.24, 2.45) is 23.7 Å². The van der Waals surface area contributed by atoms with E-state index < -0.39 is 4.92 Å². The van der Waals surface area contributed by atoms with Gasteiger partial charge in [-0.2, -0.15) is 12.6 Å². The maximum absolute atomic E-state index is 13.1. The second kappa shape index (κ2) is 5.30. The third kappa shape index (κ3) is 1.89. The van der Waals surface area contributed by atoms with Crippen LogP contribution in [0.5, 0.6) is 0 Å². The molecule has 1 saturated heterocycles. The molecule has 3 fully saturated rings. The van der Waals surface area contributed by atoms with Gasteiger partial charge in [0.15, 0.2) is 0 Å². The van der Waals surface area contributed by atoms with Crippen LogP contribution in [-0.2, 0) is 9.59 Å². The van der Waals surface area contributed by atoms with E-state index in [1.54, 1.807) is 24.3 Å². The summed E-state index contributed by atoms with van der Waals surface area (Å²) in [7, 11) is 0. The molecule has 7 heteroatoms. The number of nitro groups is 1. The van der Waals surface area contributed by atoms with Crippen molar-refractivity contribution in [1.29, 1.82) is 0 Å². The van der Waals surface area contributed by atoms with Gasteiger partial charge in [-0.05, 0) is 36.8 Å². The van der Waals surface area contributed by atoms with Crippen molar-refractivity contribution in [2.45, 2.75) is 18.1 Å². The predicted molar refractivity (Wildman–Crippen MR) is 99.1 cm³/mol. The Morgan fingerprint density at radius 2 is 1.69 bits per heavy atom. The van der Waals surface area contributed by atoms with Gasteiger partial charge in [0.05, 0.1) is 27.8 Å². The number of benzene rings is 2. The number of fused-ring (bicyclic) bond motifs is 6. The summed E-state index contributed by atoms with van der Waals surface area (Å²) < 4.78 is 0. The van der Waals surface area contributed by atoms with Gasteiger partial charge in [-0.3, -0.25) is 19.7 Å². The van der Waals surface area contributed by atoms with Crippen LogP contribution in [-0.4, -0.2) is 22.0 Å². The van der Waals surface area contributed by atoms with E-state index in [4.69, 9.17) is 0 Å². The first kappa shape index (κ1) is 15.8. The number of non-ortho nitro benzene ring substituents is 1. The van der Waals surface area contributed by atoms with Gasteiger partial charge in [0.25, 0.3) is 5.69 Å². The molecule has 1 heterocycles. The number of hydrogen-bond donors (Lipinski definition) is 1. The summed E-state index contributed by atoms with van der Waals surface area (Å²) >= 11 is 4.60. The molecule has 5 atom stereocenters. The Bertz CT molecular complexity index is 991. The number of imide groups is 1. The van der Waals surface area contributed by atoms with E-state index in [1.807, 2.05) is 0 Å². The maximum atomic E-state index is 13.1. The lowest BCUT2D eigenvalue weighted by Crippen LogP contribution is -2.33. The first-order chi connectivity index (χ1) is 12.5. The van der Waals surface area contributed by atoms with Crippen LogP contribution in [0, 0.1) is 33.8 Å². The molecule has 2 saturated carbocycles. The summed E-state index contributed by atoms with van der Waals surface area (Å²) in [4.78, 5) is 38.4. The van der Waals surface area contributed by atoms with E-state index in [9.17, 15) is 19.7 Å². The fourth-order valence-electron chi connectivity index (χ4n) is 5.28. The Morgan fingerprint density at radius 1 is 1.00 bits per heavy atom. The second-order valence-corrected chi connectivity index (χ2v) is 8.10. The molecule has 2 aromatic rings. The molecule has 2 bridgehead atoms. The van der Waals surface area contributed by atoms with Gasteiger partial charge in [-0.25, -0.2) is 4.90 Å². The average Bonchev–Trinajstić information content (AvgIpc) is 3.25. The Morgan fingerprint density at radius 3 is 2.42 bits per heavy atom. The monoisotopic (exact) mass is 368 g/mol. The zero-order valence-corrected chi connectivity index (χ0v) is 14.6. The molecule has 3 aliphatic rings. The van der Waals surface area contributed by atoms with E-state index in [0.29, 0.717) is 16.5 Å². The largest absolute Gasteiger partial charge is 0.277 e. The summed E-state index contributed by atoms with van der Waals surface area (Å²) in [6.45, 7) is 0. The number of amides is 2. The minimum atomic E-state index is -0.444. The molecule has 0 radical (unpaired) electrons. The molecular weight excluding hydrogens is 352 g/mol. The maximum Gasteiger partial charge on any atom is 0.277 e. The van der Waals surface area contributed by atoms with Crippen LogP contribution in [0.1, 0.15) is 12.8 Å². The van der Waals surface area contributed by atoms with Crippen LogP contribution in [0.15, 0.2) is 36.4 Å². The molecule has 0 aromatic heterocycles. The van der Waals surface area contributed by atoms with Crippen LogP contribution < -0.4 is 4.90 Å². The number of carbonyl (C=O) groups excluding carboxylic acids is 2. The number of nitro benzene ring substituents is 1. The number of hydrogen-bond acceptors (Lipinski definition) is 5. The zero-order valence-electron chi connectivity index (χ0n) is 13.7. The van der Waals surface area contributed by atoms with Crippen molar-refractivity contribution in [3.05, 3.63) is 46.5 Å². The minimum Gasteiger partial charge on any atom is -0.274 e. The fraction of sp³-hybridized carbons (Fsp3) is 0.368. The lowest BCUT2D eigenvalue weighted by molar-refractivity contribution is -0.383. The summed E-state index contributed by atoms with van der Waals surface area (Å²) in [6, 6.07) is 9.75. The van der Waals surface area contributed by atoms with Crippen LogP contribution in [0.3, 0.4) is 0 Å². The lowest BCUT2D eigenvalue weighted by Gasteiger charge is -2.24. The highest BCUT2D eigenvalue weighted by molar-refractivity contribution is 7.81. The lowest BCUT2D eigenvalue weighted by atomic mass is 9.81. The fourth-order valence-corrected chi connectivity index (χ4v) is 5.86. The molecule has 1 aliphatic heterocycles. The number of anilines is 1. The first-order valence-electron chi connectivity index (χ1n) is 8.71. The third-order valence-corrected chi connectivity index (χ3v) is 6.89. The topological polar surface area (TPSA) is 80.5 Å². The molecule has 0 spiro atoms. The van der Waals surface area contributed by atoms with Gasteiger partial charge in [-0.1, -0.05) is 18.2 Å². The molecule has 6 nitrogen and oxygen atoms in total. The minimum absolute atomic E-state index is 0.0286. The standard InChI is InChI=1S/C19H16N2O4S/c22-18-16-9-7-12(15(26)8-9)17(16)19(23)20(18)13-5-6-14(21(24)25)11-4-2-1-3-10(11)13/h1-6,9,12,15-17,26H,7-8H2/t9-,12+,15+,16+,17-/m0/s1. The molecule has 0 unspecified atom stereocenters. The molecule has 0 N–H and O–H groups in total. The molecule has 5 rings (SSSR count). The van der Waals surface area contributed by atoms with Crippen molar-refractivity contribution in [2.75, 3.05) is 4.90 Å². The summed E-state index contributed by atoms with van der Waals surface area (Å²) in [5, 5.41) is 12.5. The predicted octanol–water partition coefficient (Wildman–Crippen LogP) is 3.19. The number of thiol groups is 1. The van der Waals surface area contributed by atoms with Crippen molar-refractivity contribution in [3.63, 3.8) is 0 Å². The quantitative estimate of drug-likeness (QED) is 0.382. The van der Waals surface area contributed by atoms with Crippen molar-refractivity contribution in [3.8, 4) is 0 Å². The van der Waals surface area contributed by atoms with Gasteiger partial charge >= 0.3 is 0 Å². The Kier molecular flexibility index (Phi) is 3.22. The smallest absolute Gasteiger partial charge is 0.274 e. The van der Waals surface area contributed by atoms with Gasteiger partial charge < -0.3 is 0 Å². The van der Waals surface area contributed by atoms with E-state index >= 15 is 0 Å². The normalized spacial score (nSPS) is 32.5. The third-order valence-electron chi connectivity index (χ3n) is 6.30. The number of carbonyl (C=O) groups is 2. The zero-order chi connectivity index (χ0) is 18.2. The molecule has 2 aromatic carbocycles. The van der Waals surface area contributed by atoms with E-state index in [-0.39, 0.29) is 46.4 Å². The van der Waals surface area contributed by atoms with E-state index in [2.05, 4.69) is 12.6 Å². The van der Waals surface area contributed by atoms with E-state index in [0.717, 1.165) is 12.8 Å². The van der Waals surface area contributed by atoms with Crippen LogP contribution >= 0.6 is 12.6 Å². The highest BCUT2D eigenvalue weighted by Crippen LogP contribution is 2.58. The first-order valence-corrected chi connectivity index (χ1v) is 9.22. The SMILES string of the molecule is O=C1[C@@H]2[C@H]3C[C@@H]([C@@H]2C(=O)N1c1ccc([N+](=O)[O-])c2ccccc12)[C@H](S)C3. The average molecular weight is 368 g/mol. The van der Waals surface area contributed by atoms with Gasteiger partial charge in [0, 0.05) is 16.7 Å². The Hall–Kier alpha value is -2.41. The number of rotatable bonds is 2. The van der Waals surface area contributed by atoms with Crippen LogP contribution in [0.4, 0.5) is 11.4 Å². The van der Waals surface area contributed by atoms with Crippen LogP contribution in [0.2, 0.25) is 0 Å². The Labute approximate surface area is 154 Å². The molecule has 26 heavy (non-hydrogen) atoms. The summed E-state index contributed by atoms with van der Waals surface area (Å²) in [5.41, 5.74) is 0.421. The summed E-state index contributed by atoms with van der Waals surface area (Å²) in [5.74, 6) is -0.517. The molecular formula is C19H16N2O4S.